The van der Waals surface area contributed by atoms with Gasteiger partial charge < -0.3 is 10.1 Å². The van der Waals surface area contributed by atoms with Gasteiger partial charge in [-0.25, -0.2) is 0 Å². The number of aromatic nitrogens is 3. The lowest BCUT2D eigenvalue weighted by atomic mass is 10.1. The van der Waals surface area contributed by atoms with Gasteiger partial charge in [0, 0.05) is 11.8 Å². The van der Waals surface area contributed by atoms with Crippen molar-refractivity contribution < 1.29 is 14.5 Å². The number of hydrogen-bond donors (Lipinski definition) is 1. The average Bonchev–Trinajstić information content (AvgIpc) is 3.20. The average molecular weight is 431 g/mol. The minimum Gasteiger partial charge on any atom is -0.477 e. The Morgan fingerprint density at radius 3 is 2.47 bits per heavy atom. The number of carbonyl (C=O) groups excluding carboxylic acids is 1. The standard InChI is InChI=1S/C23H21N5O4/c1-3-16-8-10-17(11-9-16)27-25-19-12-15(2)18(13-20(19)26-27)24-23(29)14-32-22-7-5-4-6-21(22)28(30)31/h4-13H,3,14H2,1-2H3,(H,24,29). The Kier molecular flexibility index (Phi) is 5.80. The second-order valence-electron chi connectivity index (χ2n) is 7.23. The lowest BCUT2D eigenvalue weighted by molar-refractivity contribution is -0.385. The van der Waals surface area contributed by atoms with Crippen LogP contribution in [0.5, 0.6) is 5.75 Å². The maximum absolute atomic E-state index is 12.4. The summed E-state index contributed by atoms with van der Waals surface area (Å²) in [6.07, 6.45) is 0.957. The summed E-state index contributed by atoms with van der Waals surface area (Å²) in [5.74, 6) is -0.398. The van der Waals surface area contributed by atoms with E-state index in [1.54, 1.807) is 16.9 Å². The minimum atomic E-state index is -0.551. The number of rotatable bonds is 7. The van der Waals surface area contributed by atoms with E-state index < -0.39 is 10.8 Å². The minimum absolute atomic E-state index is 0.0388. The summed E-state index contributed by atoms with van der Waals surface area (Å²) < 4.78 is 5.35. The normalized spacial score (nSPS) is 10.8. The number of nitro benzene ring substituents is 1. The third-order valence-corrected chi connectivity index (χ3v) is 5.00. The third-order valence-electron chi connectivity index (χ3n) is 5.00. The number of hydrogen-bond acceptors (Lipinski definition) is 6. The van der Waals surface area contributed by atoms with Crippen molar-refractivity contribution in [2.45, 2.75) is 20.3 Å². The molecule has 9 nitrogen and oxygen atoms in total. The van der Waals surface area contributed by atoms with Crippen LogP contribution in [0.15, 0.2) is 60.7 Å². The molecule has 3 aromatic carbocycles. The van der Waals surface area contributed by atoms with Crippen LogP contribution in [-0.4, -0.2) is 32.4 Å². The second kappa shape index (κ2) is 8.84. The van der Waals surface area contributed by atoms with Crippen molar-refractivity contribution in [3.8, 4) is 11.4 Å². The Bertz CT molecular complexity index is 1300. The molecule has 0 radical (unpaired) electrons. The highest BCUT2D eigenvalue weighted by molar-refractivity contribution is 5.95. The molecular weight excluding hydrogens is 410 g/mol. The molecule has 32 heavy (non-hydrogen) atoms. The maximum Gasteiger partial charge on any atom is 0.310 e. The maximum atomic E-state index is 12.4. The lowest BCUT2D eigenvalue weighted by Crippen LogP contribution is -2.21. The van der Waals surface area contributed by atoms with E-state index in [9.17, 15) is 14.9 Å². The van der Waals surface area contributed by atoms with E-state index in [1.807, 2.05) is 37.3 Å². The molecule has 0 saturated carbocycles. The number of amides is 1. The van der Waals surface area contributed by atoms with Gasteiger partial charge in [-0.15, -0.1) is 10.2 Å². The van der Waals surface area contributed by atoms with E-state index in [2.05, 4.69) is 22.4 Å². The van der Waals surface area contributed by atoms with E-state index in [1.165, 1.54) is 23.8 Å². The molecular formula is C23H21N5O4. The molecule has 0 fully saturated rings. The quantitative estimate of drug-likeness (QED) is 0.346. The topological polar surface area (TPSA) is 112 Å². The summed E-state index contributed by atoms with van der Waals surface area (Å²) in [5.41, 5.74) is 4.60. The van der Waals surface area contributed by atoms with Crippen LogP contribution in [0.4, 0.5) is 11.4 Å². The number of nitrogens with zero attached hydrogens (tertiary/aromatic N) is 4. The van der Waals surface area contributed by atoms with Gasteiger partial charge in [0.2, 0.25) is 0 Å². The number of ether oxygens (including phenoxy) is 1. The van der Waals surface area contributed by atoms with Gasteiger partial charge in [0.1, 0.15) is 11.0 Å². The Morgan fingerprint density at radius 2 is 1.78 bits per heavy atom. The SMILES string of the molecule is CCc1ccc(-n2nc3cc(C)c(NC(=O)COc4ccccc4[N+](=O)[O-])cc3n2)cc1. The summed E-state index contributed by atoms with van der Waals surface area (Å²) >= 11 is 0. The fourth-order valence-corrected chi connectivity index (χ4v) is 3.24. The molecule has 0 spiro atoms. The molecule has 0 bridgehead atoms. The van der Waals surface area contributed by atoms with Crippen LogP contribution < -0.4 is 10.1 Å². The van der Waals surface area contributed by atoms with Crippen LogP contribution >= 0.6 is 0 Å². The summed E-state index contributed by atoms with van der Waals surface area (Å²) in [4.78, 5) is 24.5. The largest absolute Gasteiger partial charge is 0.477 e. The zero-order valence-electron chi connectivity index (χ0n) is 17.6. The number of aryl methyl sites for hydroxylation is 2. The third kappa shape index (κ3) is 4.41. The van der Waals surface area contributed by atoms with Crippen molar-refractivity contribution in [2.75, 3.05) is 11.9 Å². The van der Waals surface area contributed by atoms with Gasteiger partial charge in [0.05, 0.1) is 10.6 Å². The van der Waals surface area contributed by atoms with Crippen molar-refractivity contribution in [1.29, 1.82) is 0 Å². The number of nitro groups is 1. The molecule has 0 aliphatic carbocycles. The van der Waals surface area contributed by atoms with Crippen LogP contribution in [0.3, 0.4) is 0 Å². The molecule has 0 unspecified atom stereocenters. The highest BCUT2D eigenvalue weighted by Crippen LogP contribution is 2.26. The molecule has 0 atom stereocenters. The summed E-state index contributed by atoms with van der Waals surface area (Å²) in [6.45, 7) is 3.59. The van der Waals surface area contributed by atoms with E-state index in [0.717, 1.165) is 17.7 Å². The van der Waals surface area contributed by atoms with Crippen LogP contribution in [0.2, 0.25) is 0 Å². The fraction of sp³-hybridized carbons (Fsp3) is 0.174. The summed E-state index contributed by atoms with van der Waals surface area (Å²) in [7, 11) is 0. The van der Waals surface area contributed by atoms with E-state index >= 15 is 0 Å². The molecule has 0 aliphatic heterocycles. The lowest BCUT2D eigenvalue weighted by Gasteiger charge is -2.09. The van der Waals surface area contributed by atoms with Crippen molar-refractivity contribution in [2.24, 2.45) is 0 Å². The molecule has 1 amide bonds. The summed E-state index contributed by atoms with van der Waals surface area (Å²) in [6, 6.07) is 17.5. The second-order valence-corrected chi connectivity index (χ2v) is 7.23. The molecule has 4 rings (SSSR count). The van der Waals surface area contributed by atoms with Crippen molar-refractivity contribution in [1.82, 2.24) is 15.0 Å². The molecule has 1 heterocycles. The van der Waals surface area contributed by atoms with Gasteiger partial charge >= 0.3 is 5.69 Å². The molecule has 1 aromatic heterocycles. The van der Waals surface area contributed by atoms with Crippen molar-refractivity contribution in [3.63, 3.8) is 0 Å². The molecule has 0 saturated heterocycles. The van der Waals surface area contributed by atoms with Crippen LogP contribution in [0.1, 0.15) is 18.1 Å². The van der Waals surface area contributed by atoms with Crippen LogP contribution in [0, 0.1) is 17.0 Å². The van der Waals surface area contributed by atoms with Crippen LogP contribution in [0.25, 0.3) is 16.7 Å². The first-order valence-corrected chi connectivity index (χ1v) is 10.1. The zero-order valence-corrected chi connectivity index (χ0v) is 17.6. The van der Waals surface area contributed by atoms with Gasteiger partial charge in [0.25, 0.3) is 5.91 Å². The Labute approximate surface area is 183 Å². The fourth-order valence-electron chi connectivity index (χ4n) is 3.24. The predicted octanol–water partition coefficient (Wildman–Crippen LogP) is 4.22. The monoisotopic (exact) mass is 431 g/mol. The van der Waals surface area contributed by atoms with E-state index in [4.69, 9.17) is 4.74 Å². The van der Waals surface area contributed by atoms with Gasteiger partial charge in [0.15, 0.2) is 12.4 Å². The van der Waals surface area contributed by atoms with Gasteiger partial charge in [-0.05, 0) is 54.8 Å². The Hall–Kier alpha value is -4.27. The first-order chi connectivity index (χ1) is 15.4. The molecule has 9 heteroatoms. The van der Waals surface area contributed by atoms with E-state index in [0.29, 0.717) is 16.7 Å². The Balaban J connectivity index is 1.50. The number of anilines is 1. The smallest absolute Gasteiger partial charge is 0.310 e. The van der Waals surface area contributed by atoms with Crippen molar-refractivity contribution in [3.05, 3.63) is 81.9 Å². The molecule has 0 aliphatic rings. The molecule has 1 N–H and O–H groups in total. The molecule has 162 valence electrons. The highest BCUT2D eigenvalue weighted by atomic mass is 16.6. The first kappa shape index (κ1) is 21.0. The molecule has 4 aromatic rings. The zero-order chi connectivity index (χ0) is 22.7. The number of carbonyl (C=O) groups is 1. The van der Waals surface area contributed by atoms with E-state index in [-0.39, 0.29) is 18.0 Å². The number of nitrogens with one attached hydrogen (secondary N) is 1. The predicted molar refractivity (Wildman–Crippen MR) is 120 cm³/mol. The summed E-state index contributed by atoms with van der Waals surface area (Å²) in [5, 5.41) is 22.9. The Morgan fingerprint density at radius 1 is 1.09 bits per heavy atom. The number of fused-ring (bicyclic) bond motifs is 1. The number of para-hydroxylation sites is 2. The van der Waals surface area contributed by atoms with Gasteiger partial charge in [-0.3, -0.25) is 14.9 Å². The van der Waals surface area contributed by atoms with Gasteiger partial charge in [-0.1, -0.05) is 31.2 Å². The first-order valence-electron chi connectivity index (χ1n) is 10.1. The van der Waals surface area contributed by atoms with Crippen molar-refractivity contribution >= 4 is 28.3 Å². The number of benzene rings is 3. The van der Waals surface area contributed by atoms with Gasteiger partial charge in [-0.2, -0.15) is 4.80 Å². The van der Waals surface area contributed by atoms with Crippen LogP contribution in [-0.2, 0) is 11.2 Å². The highest BCUT2D eigenvalue weighted by Gasteiger charge is 2.16.